The van der Waals surface area contributed by atoms with Gasteiger partial charge in [-0.2, -0.15) is 0 Å². The van der Waals surface area contributed by atoms with Gasteiger partial charge in [-0.3, -0.25) is 0 Å². The topological polar surface area (TPSA) is 29.5 Å². The molecular formula is C10H22O2. The Morgan fingerprint density at radius 2 is 1.58 bits per heavy atom. The number of aliphatic hydroxyl groups is 1. The maximum atomic E-state index is 8.90. The Bertz CT molecular complexity index is 122. The molecule has 0 heterocycles. The lowest BCUT2D eigenvalue weighted by Gasteiger charge is -2.25. The van der Waals surface area contributed by atoms with E-state index in [0.29, 0.717) is 5.41 Å². The third-order valence-electron chi connectivity index (χ3n) is 1.73. The Hall–Kier alpha value is -0.0800. The number of hydrogen-bond donors (Lipinski definition) is 1. The Balaban J connectivity index is 3.57. The second kappa shape index (κ2) is 4.24. The molecule has 0 aliphatic carbocycles. The van der Waals surface area contributed by atoms with Crippen LogP contribution in [0.4, 0.5) is 0 Å². The monoisotopic (exact) mass is 174 g/mol. The molecule has 0 aliphatic heterocycles. The molecule has 0 aliphatic rings. The van der Waals surface area contributed by atoms with Gasteiger partial charge >= 0.3 is 0 Å². The predicted molar refractivity (Wildman–Crippen MR) is 51.2 cm³/mol. The van der Waals surface area contributed by atoms with E-state index in [4.69, 9.17) is 9.84 Å². The molecule has 0 bridgehead atoms. The van der Waals surface area contributed by atoms with E-state index in [1.165, 1.54) is 0 Å². The first-order chi connectivity index (χ1) is 5.27. The van der Waals surface area contributed by atoms with Gasteiger partial charge in [-0.25, -0.2) is 0 Å². The summed E-state index contributed by atoms with van der Waals surface area (Å²) in [5, 5.41) is 8.90. The molecule has 0 rings (SSSR count). The molecule has 0 amide bonds. The van der Waals surface area contributed by atoms with Crippen LogP contribution in [-0.4, -0.2) is 23.9 Å². The molecule has 0 saturated heterocycles. The SMILES string of the molecule is CC(C)(C)CCOC(C)(C)CO. The van der Waals surface area contributed by atoms with Crippen LogP contribution >= 0.6 is 0 Å². The third kappa shape index (κ3) is 6.62. The van der Waals surface area contributed by atoms with Gasteiger partial charge in [0.25, 0.3) is 0 Å². The smallest absolute Gasteiger partial charge is 0.0856 e. The van der Waals surface area contributed by atoms with Crippen LogP contribution in [0.3, 0.4) is 0 Å². The van der Waals surface area contributed by atoms with Crippen molar-refractivity contribution in [2.45, 2.75) is 46.6 Å². The summed E-state index contributed by atoms with van der Waals surface area (Å²) >= 11 is 0. The fourth-order valence-electron chi connectivity index (χ4n) is 0.679. The van der Waals surface area contributed by atoms with Crippen molar-refractivity contribution in [2.75, 3.05) is 13.2 Å². The highest BCUT2D eigenvalue weighted by Gasteiger charge is 2.18. The minimum absolute atomic E-state index is 0.0805. The van der Waals surface area contributed by atoms with Crippen molar-refractivity contribution in [3.8, 4) is 0 Å². The molecule has 0 atom stereocenters. The molecule has 0 fully saturated rings. The lowest BCUT2D eigenvalue weighted by Crippen LogP contribution is -2.30. The summed E-state index contributed by atoms with van der Waals surface area (Å²) in [4.78, 5) is 0. The summed E-state index contributed by atoms with van der Waals surface area (Å²) < 4.78 is 5.50. The third-order valence-corrected chi connectivity index (χ3v) is 1.73. The second-order valence-electron chi connectivity index (χ2n) is 5.08. The fraction of sp³-hybridized carbons (Fsp3) is 1.00. The zero-order chi connectivity index (χ0) is 9.83. The minimum atomic E-state index is -0.384. The van der Waals surface area contributed by atoms with Gasteiger partial charge in [0, 0.05) is 6.61 Å². The Morgan fingerprint density at radius 1 is 1.08 bits per heavy atom. The van der Waals surface area contributed by atoms with Crippen LogP contribution in [0.1, 0.15) is 41.0 Å². The van der Waals surface area contributed by atoms with Crippen LogP contribution in [0.25, 0.3) is 0 Å². The molecule has 12 heavy (non-hydrogen) atoms. The predicted octanol–water partition coefficient (Wildman–Crippen LogP) is 2.21. The van der Waals surface area contributed by atoms with E-state index in [-0.39, 0.29) is 12.2 Å². The van der Waals surface area contributed by atoms with Crippen molar-refractivity contribution in [3.05, 3.63) is 0 Å². The van der Waals surface area contributed by atoms with Crippen molar-refractivity contribution in [1.82, 2.24) is 0 Å². The molecule has 0 aromatic carbocycles. The summed E-state index contributed by atoms with van der Waals surface area (Å²) in [6.07, 6.45) is 1.02. The Morgan fingerprint density at radius 3 is 1.92 bits per heavy atom. The first-order valence-corrected chi connectivity index (χ1v) is 4.52. The molecule has 2 nitrogen and oxygen atoms in total. The van der Waals surface area contributed by atoms with Crippen LogP contribution in [-0.2, 0) is 4.74 Å². The van der Waals surface area contributed by atoms with Crippen molar-refractivity contribution in [2.24, 2.45) is 5.41 Å². The first kappa shape index (κ1) is 11.9. The van der Waals surface area contributed by atoms with E-state index >= 15 is 0 Å². The van der Waals surface area contributed by atoms with E-state index < -0.39 is 0 Å². The molecule has 2 heteroatoms. The van der Waals surface area contributed by atoms with E-state index in [9.17, 15) is 0 Å². The van der Waals surface area contributed by atoms with Crippen LogP contribution in [0.5, 0.6) is 0 Å². The van der Waals surface area contributed by atoms with E-state index in [2.05, 4.69) is 20.8 Å². The summed E-state index contributed by atoms with van der Waals surface area (Å²) in [5.74, 6) is 0. The van der Waals surface area contributed by atoms with E-state index in [1.54, 1.807) is 0 Å². The maximum absolute atomic E-state index is 8.90. The molecule has 0 radical (unpaired) electrons. The average molecular weight is 174 g/mol. The summed E-state index contributed by atoms with van der Waals surface area (Å²) in [5.41, 5.74) is -0.0726. The normalized spacial score (nSPS) is 13.5. The van der Waals surface area contributed by atoms with E-state index in [1.807, 2.05) is 13.8 Å². The summed E-state index contributed by atoms with van der Waals surface area (Å²) in [6.45, 7) is 11.1. The highest BCUT2D eigenvalue weighted by molar-refractivity contribution is 4.67. The first-order valence-electron chi connectivity index (χ1n) is 4.52. The van der Waals surface area contributed by atoms with Crippen molar-refractivity contribution >= 4 is 0 Å². The molecule has 0 aromatic heterocycles. The zero-order valence-electron chi connectivity index (χ0n) is 8.98. The van der Waals surface area contributed by atoms with Gasteiger partial charge < -0.3 is 9.84 Å². The van der Waals surface area contributed by atoms with Gasteiger partial charge in [0.15, 0.2) is 0 Å². The largest absolute Gasteiger partial charge is 0.393 e. The van der Waals surface area contributed by atoms with Crippen LogP contribution in [0.15, 0.2) is 0 Å². The highest BCUT2D eigenvalue weighted by atomic mass is 16.5. The molecule has 0 saturated carbocycles. The van der Waals surface area contributed by atoms with Gasteiger partial charge in [0.1, 0.15) is 0 Å². The maximum Gasteiger partial charge on any atom is 0.0856 e. The Labute approximate surface area is 75.9 Å². The number of hydrogen-bond acceptors (Lipinski definition) is 2. The average Bonchev–Trinajstić information content (AvgIpc) is 1.84. The van der Waals surface area contributed by atoms with Crippen molar-refractivity contribution in [1.29, 1.82) is 0 Å². The number of aliphatic hydroxyl groups excluding tert-OH is 1. The van der Waals surface area contributed by atoms with Gasteiger partial charge in [0.2, 0.25) is 0 Å². The molecule has 74 valence electrons. The molecule has 0 aromatic rings. The lowest BCUT2D eigenvalue weighted by molar-refractivity contribution is -0.0606. The quantitative estimate of drug-likeness (QED) is 0.708. The number of ether oxygens (including phenoxy) is 1. The van der Waals surface area contributed by atoms with Gasteiger partial charge in [-0.15, -0.1) is 0 Å². The van der Waals surface area contributed by atoms with Crippen LogP contribution in [0, 0.1) is 5.41 Å². The van der Waals surface area contributed by atoms with Gasteiger partial charge in [0.05, 0.1) is 12.2 Å². The van der Waals surface area contributed by atoms with Crippen LogP contribution < -0.4 is 0 Å². The number of rotatable bonds is 4. The second-order valence-corrected chi connectivity index (χ2v) is 5.08. The minimum Gasteiger partial charge on any atom is -0.393 e. The molecular weight excluding hydrogens is 152 g/mol. The standard InChI is InChI=1S/C10H22O2/c1-9(2,3)6-7-12-10(4,5)8-11/h11H,6-8H2,1-5H3. The van der Waals surface area contributed by atoms with Gasteiger partial charge in [-0.05, 0) is 25.7 Å². The highest BCUT2D eigenvalue weighted by Crippen LogP contribution is 2.19. The van der Waals surface area contributed by atoms with E-state index in [0.717, 1.165) is 13.0 Å². The summed E-state index contributed by atoms with van der Waals surface area (Å²) in [6, 6.07) is 0. The van der Waals surface area contributed by atoms with Crippen molar-refractivity contribution < 1.29 is 9.84 Å². The Kier molecular flexibility index (Phi) is 4.21. The lowest BCUT2D eigenvalue weighted by atomic mass is 9.93. The van der Waals surface area contributed by atoms with Crippen LogP contribution in [0.2, 0.25) is 0 Å². The fourth-order valence-corrected chi connectivity index (χ4v) is 0.679. The molecule has 1 N–H and O–H groups in total. The summed E-state index contributed by atoms with van der Waals surface area (Å²) in [7, 11) is 0. The zero-order valence-corrected chi connectivity index (χ0v) is 8.98. The van der Waals surface area contributed by atoms with Crippen molar-refractivity contribution in [3.63, 3.8) is 0 Å². The molecule has 0 unspecified atom stereocenters. The molecule has 0 spiro atoms. The van der Waals surface area contributed by atoms with Gasteiger partial charge in [-0.1, -0.05) is 20.8 Å².